The van der Waals surface area contributed by atoms with E-state index < -0.39 is 5.63 Å². The SMILES string of the molecule is CCOC(=O)CCc1cc2c(C)cc(=O)oc2c(CN2CCC(C(=O)OCC)CC2)c1O. The van der Waals surface area contributed by atoms with Crippen molar-refractivity contribution in [3.05, 3.63) is 39.2 Å². The lowest BCUT2D eigenvalue weighted by molar-refractivity contribution is -0.149. The van der Waals surface area contributed by atoms with Gasteiger partial charge in [-0.25, -0.2) is 4.79 Å². The molecule has 0 aliphatic carbocycles. The number of carbonyl (C=O) groups is 2. The summed E-state index contributed by atoms with van der Waals surface area (Å²) >= 11 is 0. The van der Waals surface area contributed by atoms with Gasteiger partial charge >= 0.3 is 17.6 Å². The van der Waals surface area contributed by atoms with E-state index in [1.807, 2.05) is 6.92 Å². The van der Waals surface area contributed by atoms with Gasteiger partial charge in [0.2, 0.25) is 0 Å². The highest BCUT2D eigenvalue weighted by molar-refractivity contribution is 5.86. The topological polar surface area (TPSA) is 106 Å². The van der Waals surface area contributed by atoms with Crippen LogP contribution < -0.4 is 5.63 Å². The summed E-state index contributed by atoms with van der Waals surface area (Å²) in [5.41, 5.74) is 1.77. The van der Waals surface area contributed by atoms with Crippen LogP contribution in [0.5, 0.6) is 5.75 Å². The Bertz CT molecular complexity index is 1030. The second kappa shape index (κ2) is 10.6. The van der Waals surface area contributed by atoms with Crippen molar-refractivity contribution in [3.8, 4) is 5.75 Å². The Morgan fingerprint density at radius 1 is 1.16 bits per heavy atom. The summed E-state index contributed by atoms with van der Waals surface area (Å²) in [5, 5.41) is 11.8. The lowest BCUT2D eigenvalue weighted by Gasteiger charge is -2.31. The monoisotopic (exact) mass is 445 g/mol. The fourth-order valence-corrected chi connectivity index (χ4v) is 4.18. The van der Waals surface area contributed by atoms with E-state index in [0.717, 1.165) is 10.9 Å². The Morgan fingerprint density at radius 3 is 2.50 bits per heavy atom. The molecule has 1 aliphatic rings. The lowest BCUT2D eigenvalue weighted by atomic mass is 9.95. The van der Waals surface area contributed by atoms with Gasteiger partial charge in [-0.15, -0.1) is 0 Å². The number of carbonyl (C=O) groups excluding carboxylic acids is 2. The summed E-state index contributed by atoms with van der Waals surface area (Å²) < 4.78 is 15.6. The number of phenols is 1. The molecule has 32 heavy (non-hydrogen) atoms. The van der Waals surface area contributed by atoms with E-state index in [9.17, 15) is 19.5 Å². The molecule has 0 radical (unpaired) electrons. The Morgan fingerprint density at radius 2 is 1.84 bits per heavy atom. The van der Waals surface area contributed by atoms with E-state index in [0.29, 0.717) is 68.8 Å². The molecule has 1 N–H and O–H groups in total. The normalized spacial score (nSPS) is 15.1. The summed E-state index contributed by atoms with van der Waals surface area (Å²) in [5.74, 6) is -0.579. The van der Waals surface area contributed by atoms with Crippen LogP contribution in [-0.4, -0.2) is 48.2 Å². The minimum atomic E-state index is -0.476. The molecule has 1 fully saturated rings. The summed E-state index contributed by atoms with van der Waals surface area (Å²) in [6, 6.07) is 3.20. The van der Waals surface area contributed by atoms with Crippen LogP contribution in [0.1, 0.15) is 49.8 Å². The van der Waals surface area contributed by atoms with Crippen molar-refractivity contribution in [2.45, 2.75) is 53.0 Å². The highest BCUT2D eigenvalue weighted by Gasteiger charge is 2.27. The second-order valence-electron chi connectivity index (χ2n) is 8.10. The number of piperidine rings is 1. The Kier molecular flexibility index (Phi) is 7.90. The number of aromatic hydroxyl groups is 1. The number of hydrogen-bond donors (Lipinski definition) is 1. The quantitative estimate of drug-likeness (QED) is 0.488. The van der Waals surface area contributed by atoms with Crippen molar-refractivity contribution in [2.75, 3.05) is 26.3 Å². The number of ether oxygens (including phenoxy) is 2. The molecule has 8 heteroatoms. The second-order valence-corrected chi connectivity index (χ2v) is 8.10. The average Bonchev–Trinajstić information content (AvgIpc) is 2.75. The zero-order valence-corrected chi connectivity index (χ0v) is 18.9. The van der Waals surface area contributed by atoms with Crippen molar-refractivity contribution >= 4 is 22.9 Å². The van der Waals surface area contributed by atoms with E-state index in [2.05, 4.69) is 4.90 Å². The van der Waals surface area contributed by atoms with Crippen LogP contribution in [0, 0.1) is 12.8 Å². The molecule has 1 aromatic carbocycles. The Labute approximate surface area is 187 Å². The lowest BCUT2D eigenvalue weighted by Crippen LogP contribution is -2.36. The number of fused-ring (bicyclic) bond motifs is 1. The zero-order chi connectivity index (χ0) is 23.3. The number of aryl methyl sites for hydroxylation is 2. The molecule has 2 aromatic rings. The van der Waals surface area contributed by atoms with E-state index in [1.165, 1.54) is 6.07 Å². The average molecular weight is 446 g/mol. The number of esters is 2. The van der Waals surface area contributed by atoms with Crippen LogP contribution in [-0.2, 0) is 32.0 Å². The van der Waals surface area contributed by atoms with Crippen molar-refractivity contribution in [1.82, 2.24) is 4.90 Å². The summed E-state index contributed by atoms with van der Waals surface area (Å²) in [4.78, 5) is 38.0. The standard InChI is InChI=1S/C24H31NO7/c1-4-30-20(26)7-6-17-13-18-15(3)12-21(27)32-23(18)19(22(17)28)14-25-10-8-16(9-11-25)24(29)31-5-2/h12-13,16,28H,4-11,14H2,1-3H3. The third kappa shape index (κ3) is 5.48. The van der Waals surface area contributed by atoms with Gasteiger partial charge < -0.3 is 19.0 Å². The molecule has 0 atom stereocenters. The van der Waals surface area contributed by atoms with Crippen LogP contribution in [0.3, 0.4) is 0 Å². The van der Waals surface area contributed by atoms with Gasteiger partial charge in [0.1, 0.15) is 11.3 Å². The summed E-state index contributed by atoms with van der Waals surface area (Å²) in [7, 11) is 0. The first kappa shape index (κ1) is 23.8. The van der Waals surface area contributed by atoms with Crippen LogP contribution in [0.4, 0.5) is 0 Å². The first-order valence-corrected chi connectivity index (χ1v) is 11.2. The summed E-state index contributed by atoms with van der Waals surface area (Å²) in [6.45, 7) is 7.74. The maximum absolute atomic E-state index is 12.0. The maximum atomic E-state index is 12.0. The van der Waals surface area contributed by atoms with Gasteiger partial charge in [0, 0.05) is 24.4 Å². The van der Waals surface area contributed by atoms with Gasteiger partial charge in [-0.1, -0.05) is 0 Å². The van der Waals surface area contributed by atoms with Crippen LogP contribution in [0.25, 0.3) is 11.0 Å². The van der Waals surface area contributed by atoms with Gasteiger partial charge in [-0.05, 0) is 70.3 Å². The smallest absolute Gasteiger partial charge is 0.336 e. The van der Waals surface area contributed by atoms with E-state index >= 15 is 0 Å². The van der Waals surface area contributed by atoms with Crippen molar-refractivity contribution in [2.24, 2.45) is 5.92 Å². The molecule has 3 rings (SSSR count). The van der Waals surface area contributed by atoms with E-state index in [4.69, 9.17) is 13.9 Å². The number of hydrogen-bond acceptors (Lipinski definition) is 8. The molecule has 1 saturated heterocycles. The predicted molar refractivity (Wildman–Crippen MR) is 118 cm³/mol. The molecule has 8 nitrogen and oxygen atoms in total. The minimum absolute atomic E-state index is 0.0306. The molecule has 0 bridgehead atoms. The molecule has 0 saturated carbocycles. The molecule has 1 aromatic heterocycles. The largest absolute Gasteiger partial charge is 0.507 e. The molecular formula is C24H31NO7. The van der Waals surface area contributed by atoms with Crippen LogP contribution in [0.15, 0.2) is 21.3 Å². The minimum Gasteiger partial charge on any atom is -0.507 e. The highest BCUT2D eigenvalue weighted by atomic mass is 16.5. The van der Waals surface area contributed by atoms with Gasteiger partial charge in [-0.3, -0.25) is 14.5 Å². The molecule has 174 valence electrons. The predicted octanol–water partition coefficient (Wildman–Crippen LogP) is 3.08. The zero-order valence-electron chi connectivity index (χ0n) is 18.9. The van der Waals surface area contributed by atoms with Crippen molar-refractivity contribution < 1.29 is 28.6 Å². The third-order valence-electron chi connectivity index (χ3n) is 5.88. The first-order valence-electron chi connectivity index (χ1n) is 11.2. The Hall–Kier alpha value is -2.87. The molecule has 0 spiro atoms. The van der Waals surface area contributed by atoms with Gasteiger partial charge in [0.05, 0.1) is 24.7 Å². The fraction of sp³-hybridized carbons (Fsp3) is 0.542. The Balaban J connectivity index is 1.87. The fourth-order valence-electron chi connectivity index (χ4n) is 4.18. The van der Waals surface area contributed by atoms with E-state index in [-0.39, 0.29) is 30.0 Å². The van der Waals surface area contributed by atoms with Crippen LogP contribution in [0.2, 0.25) is 0 Å². The van der Waals surface area contributed by atoms with Gasteiger partial charge in [0.25, 0.3) is 0 Å². The number of nitrogens with zero attached hydrogens (tertiary/aromatic N) is 1. The number of phenolic OH excluding ortho intramolecular Hbond substituents is 1. The highest BCUT2D eigenvalue weighted by Crippen LogP contribution is 2.35. The first-order chi connectivity index (χ1) is 15.3. The number of rotatable bonds is 8. The van der Waals surface area contributed by atoms with Gasteiger partial charge in [0.15, 0.2) is 0 Å². The van der Waals surface area contributed by atoms with Crippen LogP contribution >= 0.6 is 0 Å². The number of benzene rings is 1. The van der Waals surface area contributed by atoms with Crippen molar-refractivity contribution in [1.29, 1.82) is 0 Å². The molecule has 0 unspecified atom stereocenters. The maximum Gasteiger partial charge on any atom is 0.336 e. The molecular weight excluding hydrogens is 414 g/mol. The molecule has 0 amide bonds. The molecule has 2 heterocycles. The van der Waals surface area contributed by atoms with Gasteiger partial charge in [-0.2, -0.15) is 0 Å². The van der Waals surface area contributed by atoms with Crippen molar-refractivity contribution in [3.63, 3.8) is 0 Å². The summed E-state index contributed by atoms with van der Waals surface area (Å²) in [6.07, 6.45) is 1.80. The third-order valence-corrected chi connectivity index (χ3v) is 5.88. The molecule has 1 aliphatic heterocycles. The van der Waals surface area contributed by atoms with E-state index in [1.54, 1.807) is 19.9 Å². The number of likely N-dealkylation sites (tertiary alicyclic amines) is 1.